The molecule has 0 fully saturated rings. The summed E-state index contributed by atoms with van der Waals surface area (Å²) in [7, 11) is 0. The summed E-state index contributed by atoms with van der Waals surface area (Å²) in [5.74, 6) is -0.144. The Hall–Kier alpha value is -1.22. The fraction of sp³-hybridized carbons (Fsp3) is 0.462. The van der Waals surface area contributed by atoms with Crippen molar-refractivity contribution in [3.05, 3.63) is 35.1 Å². The molecule has 0 aromatic heterocycles. The molecule has 1 rings (SSSR count). The van der Waals surface area contributed by atoms with Crippen LogP contribution in [0.4, 0.5) is 4.39 Å². The summed E-state index contributed by atoms with van der Waals surface area (Å²) in [6.45, 7) is 3.53. The van der Waals surface area contributed by atoms with Crippen LogP contribution in [-0.4, -0.2) is 10.9 Å². The lowest BCUT2D eigenvalue weighted by molar-refractivity contribution is -0.121. The van der Waals surface area contributed by atoms with Gasteiger partial charge in [0, 0.05) is 12.3 Å². The molecule has 1 aromatic carbocycles. The van der Waals surface area contributed by atoms with Crippen LogP contribution in [0.15, 0.2) is 18.2 Å². The molecule has 0 saturated heterocycles. The monoisotopic (exact) mass is 224 g/mol. The van der Waals surface area contributed by atoms with Crippen LogP contribution in [-0.2, 0) is 17.8 Å². The lowest BCUT2D eigenvalue weighted by atomic mass is 9.98. The van der Waals surface area contributed by atoms with E-state index in [2.05, 4.69) is 0 Å². The summed E-state index contributed by atoms with van der Waals surface area (Å²) >= 11 is 0. The van der Waals surface area contributed by atoms with E-state index in [4.69, 9.17) is 5.11 Å². The Morgan fingerprint density at radius 2 is 2.06 bits per heavy atom. The van der Waals surface area contributed by atoms with Gasteiger partial charge in [-0.05, 0) is 29.7 Å². The third kappa shape index (κ3) is 3.42. The number of carbonyl (C=O) groups excluding carboxylic acids is 1. The lowest BCUT2D eigenvalue weighted by Crippen LogP contribution is -2.08. The van der Waals surface area contributed by atoms with Gasteiger partial charge < -0.3 is 5.11 Å². The van der Waals surface area contributed by atoms with Crippen molar-refractivity contribution in [1.29, 1.82) is 0 Å². The summed E-state index contributed by atoms with van der Waals surface area (Å²) in [4.78, 5) is 11.4. The van der Waals surface area contributed by atoms with E-state index in [9.17, 15) is 9.18 Å². The smallest absolute Gasteiger partial charge is 0.135 e. The molecule has 2 nitrogen and oxygen atoms in total. The molecule has 0 heterocycles. The highest BCUT2D eigenvalue weighted by molar-refractivity contribution is 5.80. The summed E-state index contributed by atoms with van der Waals surface area (Å²) in [6, 6.07) is 4.30. The third-order valence-electron chi connectivity index (χ3n) is 2.62. The Balaban J connectivity index is 2.70. The van der Waals surface area contributed by atoms with Gasteiger partial charge in [-0.2, -0.15) is 0 Å². The minimum atomic E-state index is -0.358. The molecule has 0 unspecified atom stereocenters. The molecule has 1 N–H and O–H groups in total. The first-order chi connectivity index (χ1) is 7.54. The van der Waals surface area contributed by atoms with Crippen molar-refractivity contribution in [2.45, 2.75) is 33.3 Å². The minimum Gasteiger partial charge on any atom is -0.392 e. The highest BCUT2D eigenvalue weighted by atomic mass is 19.1. The molecule has 3 heteroatoms. The zero-order valence-corrected chi connectivity index (χ0v) is 9.66. The number of benzene rings is 1. The first kappa shape index (κ1) is 12.8. The van der Waals surface area contributed by atoms with Gasteiger partial charge in [-0.25, -0.2) is 4.39 Å². The van der Waals surface area contributed by atoms with Gasteiger partial charge in [-0.15, -0.1) is 0 Å². The van der Waals surface area contributed by atoms with Gasteiger partial charge in [-0.3, -0.25) is 4.79 Å². The molecule has 0 bridgehead atoms. The fourth-order valence-electron chi connectivity index (χ4n) is 1.53. The molecule has 1 aromatic rings. The van der Waals surface area contributed by atoms with Gasteiger partial charge in [0.1, 0.15) is 11.6 Å². The van der Waals surface area contributed by atoms with Crippen LogP contribution in [0.5, 0.6) is 0 Å². The number of hydrogen-bond acceptors (Lipinski definition) is 2. The number of ketones is 1. The first-order valence-electron chi connectivity index (χ1n) is 5.45. The van der Waals surface area contributed by atoms with Crippen LogP contribution >= 0.6 is 0 Å². The molecule has 0 aliphatic heterocycles. The van der Waals surface area contributed by atoms with Gasteiger partial charge in [0.15, 0.2) is 0 Å². The second-order valence-corrected chi connectivity index (χ2v) is 4.19. The van der Waals surface area contributed by atoms with Crippen molar-refractivity contribution >= 4 is 5.78 Å². The van der Waals surface area contributed by atoms with E-state index >= 15 is 0 Å². The maximum atomic E-state index is 12.9. The molecule has 0 amide bonds. The van der Waals surface area contributed by atoms with Gasteiger partial charge in [0.25, 0.3) is 0 Å². The predicted molar refractivity (Wildman–Crippen MR) is 60.5 cm³/mol. The zero-order valence-electron chi connectivity index (χ0n) is 9.66. The van der Waals surface area contributed by atoms with Crippen LogP contribution in [0, 0.1) is 11.7 Å². The van der Waals surface area contributed by atoms with E-state index in [1.165, 1.54) is 12.1 Å². The number of rotatable bonds is 5. The van der Waals surface area contributed by atoms with E-state index in [0.717, 1.165) is 5.56 Å². The van der Waals surface area contributed by atoms with Crippen LogP contribution in [0.25, 0.3) is 0 Å². The number of hydrogen-bond donors (Lipinski definition) is 1. The normalized spacial score (nSPS) is 10.8. The summed E-state index contributed by atoms with van der Waals surface area (Å²) in [5, 5.41) is 9.07. The molecule has 0 radical (unpaired) electrons. The maximum absolute atomic E-state index is 12.9. The van der Waals surface area contributed by atoms with Crippen molar-refractivity contribution in [2.24, 2.45) is 5.92 Å². The van der Waals surface area contributed by atoms with Crippen molar-refractivity contribution in [3.63, 3.8) is 0 Å². The molecule has 16 heavy (non-hydrogen) atoms. The summed E-state index contributed by atoms with van der Waals surface area (Å²) in [6.07, 6.45) is 1.00. The molecule has 0 spiro atoms. The van der Waals surface area contributed by atoms with Crippen molar-refractivity contribution in [2.75, 3.05) is 0 Å². The fourth-order valence-corrected chi connectivity index (χ4v) is 1.53. The Bertz CT molecular complexity index is 372. The Morgan fingerprint density at radius 1 is 1.38 bits per heavy atom. The van der Waals surface area contributed by atoms with Crippen molar-refractivity contribution in [1.82, 2.24) is 0 Å². The highest BCUT2D eigenvalue weighted by Crippen LogP contribution is 2.14. The molecule has 88 valence electrons. The Kier molecular flexibility index (Phi) is 4.62. The number of Topliss-reactive ketones (excluding diaryl/α,β-unsaturated/α-hetero) is 1. The van der Waals surface area contributed by atoms with E-state index in [1.807, 2.05) is 13.8 Å². The van der Waals surface area contributed by atoms with Crippen LogP contribution in [0.1, 0.15) is 31.4 Å². The minimum absolute atomic E-state index is 0.0259. The van der Waals surface area contributed by atoms with Gasteiger partial charge in [0.05, 0.1) is 6.61 Å². The van der Waals surface area contributed by atoms with Gasteiger partial charge in [-0.1, -0.05) is 19.9 Å². The van der Waals surface area contributed by atoms with Gasteiger partial charge in [0.2, 0.25) is 0 Å². The zero-order chi connectivity index (χ0) is 12.1. The quantitative estimate of drug-likeness (QED) is 0.834. The number of carbonyl (C=O) groups is 1. The average molecular weight is 224 g/mol. The Labute approximate surface area is 95.1 Å². The number of halogens is 1. The molecule has 0 atom stereocenters. The van der Waals surface area contributed by atoms with E-state index in [0.29, 0.717) is 18.4 Å². The van der Waals surface area contributed by atoms with Crippen LogP contribution in [0.3, 0.4) is 0 Å². The number of aryl methyl sites for hydroxylation is 1. The first-order valence-corrected chi connectivity index (χ1v) is 5.45. The molecular formula is C13H17FO2. The van der Waals surface area contributed by atoms with E-state index in [1.54, 1.807) is 6.07 Å². The largest absolute Gasteiger partial charge is 0.392 e. The van der Waals surface area contributed by atoms with E-state index < -0.39 is 0 Å². The standard InChI is InChI=1S/C13H17FO2/c1-9(2)13(16)6-4-10-3-5-12(14)7-11(10)8-15/h3,5,7,9,15H,4,6,8H2,1-2H3. The molecule has 0 aliphatic rings. The average Bonchev–Trinajstić information content (AvgIpc) is 2.26. The van der Waals surface area contributed by atoms with Gasteiger partial charge >= 0.3 is 0 Å². The lowest BCUT2D eigenvalue weighted by Gasteiger charge is -2.08. The maximum Gasteiger partial charge on any atom is 0.135 e. The second-order valence-electron chi connectivity index (χ2n) is 4.19. The topological polar surface area (TPSA) is 37.3 Å². The van der Waals surface area contributed by atoms with Crippen LogP contribution < -0.4 is 0 Å². The highest BCUT2D eigenvalue weighted by Gasteiger charge is 2.09. The molecular weight excluding hydrogens is 207 g/mol. The predicted octanol–water partition coefficient (Wildman–Crippen LogP) is 2.48. The Morgan fingerprint density at radius 3 is 2.62 bits per heavy atom. The van der Waals surface area contributed by atoms with Crippen molar-refractivity contribution < 1.29 is 14.3 Å². The number of aliphatic hydroxyl groups is 1. The summed E-state index contributed by atoms with van der Waals surface area (Å²) < 4.78 is 12.9. The molecule has 0 saturated carbocycles. The number of aliphatic hydroxyl groups excluding tert-OH is 1. The summed E-state index contributed by atoms with van der Waals surface area (Å²) in [5.41, 5.74) is 1.41. The van der Waals surface area contributed by atoms with E-state index in [-0.39, 0.29) is 24.1 Å². The third-order valence-corrected chi connectivity index (χ3v) is 2.62. The van der Waals surface area contributed by atoms with Crippen LogP contribution in [0.2, 0.25) is 0 Å². The SMILES string of the molecule is CC(C)C(=O)CCc1ccc(F)cc1CO. The van der Waals surface area contributed by atoms with Crippen molar-refractivity contribution in [3.8, 4) is 0 Å². The second kappa shape index (κ2) is 5.75. The molecule has 0 aliphatic carbocycles.